The van der Waals surface area contributed by atoms with E-state index in [9.17, 15) is 18.0 Å². The summed E-state index contributed by atoms with van der Waals surface area (Å²) >= 11 is 0. The van der Waals surface area contributed by atoms with Crippen LogP contribution in [0.4, 0.5) is 24.8 Å². The van der Waals surface area contributed by atoms with Crippen LogP contribution < -0.4 is 10.1 Å². The molecule has 0 spiro atoms. The summed E-state index contributed by atoms with van der Waals surface area (Å²) in [6.07, 6.45) is -2.47. The average molecular weight is 450 g/mol. The molecule has 32 heavy (non-hydrogen) atoms. The van der Waals surface area contributed by atoms with Gasteiger partial charge in [-0.15, -0.1) is 0 Å². The second kappa shape index (κ2) is 8.99. The molecule has 0 bridgehead atoms. The number of pyridine rings is 2. The maximum absolute atomic E-state index is 13.2. The Hall–Kier alpha value is -3.41. The Morgan fingerprint density at radius 2 is 2.12 bits per heavy atom. The number of carbonyl (C=O) groups excluding carboxylic acids is 1. The van der Waals surface area contributed by atoms with E-state index in [2.05, 4.69) is 20.4 Å². The van der Waals surface area contributed by atoms with Gasteiger partial charge in [-0.1, -0.05) is 6.07 Å². The predicted octanol–water partition coefficient (Wildman–Crippen LogP) is 3.00. The van der Waals surface area contributed by atoms with Gasteiger partial charge >= 0.3 is 6.18 Å². The van der Waals surface area contributed by atoms with E-state index < -0.39 is 12.7 Å². The number of fused-ring (bicyclic) bond motifs is 1. The molecule has 170 valence electrons. The number of aromatic nitrogens is 4. The molecule has 0 radical (unpaired) electrons. The molecule has 3 aromatic heterocycles. The molecule has 0 atom stereocenters. The zero-order chi connectivity index (χ0) is 22.7. The number of rotatable bonds is 5. The summed E-state index contributed by atoms with van der Waals surface area (Å²) in [5, 5.41) is 7.31. The first-order valence-electron chi connectivity index (χ1n) is 9.92. The summed E-state index contributed by atoms with van der Waals surface area (Å²) in [4.78, 5) is 22.9. The van der Waals surface area contributed by atoms with Gasteiger partial charge < -0.3 is 19.7 Å². The van der Waals surface area contributed by atoms with Crippen LogP contribution in [0.25, 0.3) is 10.9 Å². The summed E-state index contributed by atoms with van der Waals surface area (Å²) in [5.41, 5.74) is 0.186. The van der Waals surface area contributed by atoms with Crippen LogP contribution in [0.1, 0.15) is 16.9 Å². The van der Waals surface area contributed by atoms with E-state index >= 15 is 0 Å². The Morgan fingerprint density at radius 3 is 2.91 bits per heavy atom. The van der Waals surface area contributed by atoms with Gasteiger partial charge in [0, 0.05) is 32.0 Å². The number of methoxy groups -OCH3 is 1. The van der Waals surface area contributed by atoms with Crippen LogP contribution in [0.3, 0.4) is 0 Å². The van der Waals surface area contributed by atoms with E-state index in [0.717, 1.165) is 4.68 Å². The normalized spacial score (nSPS) is 14.9. The maximum Gasteiger partial charge on any atom is 0.408 e. The minimum atomic E-state index is -4.50. The maximum atomic E-state index is 13.2. The first-order chi connectivity index (χ1) is 15.3. The minimum absolute atomic E-state index is 0.0498. The quantitative estimate of drug-likeness (QED) is 0.639. The fourth-order valence-electron chi connectivity index (χ4n) is 3.40. The number of alkyl halides is 3. The SMILES string of the molecule is COc1cccc(Nc2nn(CC(F)(F)F)c3cc(C(=O)N4CCCOCC4)ncc23)n1. The van der Waals surface area contributed by atoms with Crippen molar-refractivity contribution in [1.82, 2.24) is 24.6 Å². The van der Waals surface area contributed by atoms with Crippen LogP contribution in [0.5, 0.6) is 5.88 Å². The molecule has 4 rings (SSSR count). The average Bonchev–Trinajstić information content (AvgIpc) is 2.94. The second-order valence-corrected chi connectivity index (χ2v) is 7.16. The van der Waals surface area contributed by atoms with Gasteiger partial charge in [0.25, 0.3) is 5.91 Å². The molecule has 1 aliphatic heterocycles. The Kier molecular flexibility index (Phi) is 6.12. The van der Waals surface area contributed by atoms with E-state index in [-0.39, 0.29) is 22.9 Å². The highest BCUT2D eigenvalue weighted by Gasteiger charge is 2.30. The van der Waals surface area contributed by atoms with Crippen molar-refractivity contribution in [2.24, 2.45) is 0 Å². The lowest BCUT2D eigenvalue weighted by atomic mass is 10.2. The molecule has 1 amide bonds. The third-order valence-corrected chi connectivity index (χ3v) is 4.87. The Morgan fingerprint density at radius 1 is 1.28 bits per heavy atom. The molecule has 4 heterocycles. The zero-order valence-electron chi connectivity index (χ0n) is 17.2. The van der Waals surface area contributed by atoms with Crippen molar-refractivity contribution in [2.45, 2.75) is 19.1 Å². The van der Waals surface area contributed by atoms with Gasteiger partial charge in [-0.3, -0.25) is 14.5 Å². The highest BCUT2D eigenvalue weighted by molar-refractivity contribution is 5.98. The number of ether oxygens (including phenoxy) is 2. The van der Waals surface area contributed by atoms with E-state index in [0.29, 0.717) is 49.8 Å². The van der Waals surface area contributed by atoms with E-state index in [1.807, 2.05) is 0 Å². The van der Waals surface area contributed by atoms with Gasteiger partial charge in [0.05, 0.1) is 24.6 Å². The first-order valence-corrected chi connectivity index (χ1v) is 9.92. The Balaban J connectivity index is 1.71. The Labute approximate surface area is 181 Å². The smallest absolute Gasteiger partial charge is 0.408 e. The van der Waals surface area contributed by atoms with E-state index in [1.165, 1.54) is 19.4 Å². The van der Waals surface area contributed by atoms with Crippen LogP contribution in [0, 0.1) is 0 Å². The summed E-state index contributed by atoms with van der Waals surface area (Å²) in [7, 11) is 1.46. The fourth-order valence-corrected chi connectivity index (χ4v) is 3.40. The van der Waals surface area contributed by atoms with Crippen molar-refractivity contribution in [2.75, 3.05) is 38.7 Å². The predicted molar refractivity (Wildman–Crippen MR) is 109 cm³/mol. The number of nitrogens with zero attached hydrogens (tertiary/aromatic N) is 5. The molecule has 0 aromatic carbocycles. The molecule has 9 nitrogen and oxygen atoms in total. The second-order valence-electron chi connectivity index (χ2n) is 7.16. The van der Waals surface area contributed by atoms with Gasteiger partial charge in [-0.05, 0) is 18.6 Å². The first kappa shape index (κ1) is 21.8. The molecular weight excluding hydrogens is 429 g/mol. The monoisotopic (exact) mass is 450 g/mol. The number of carbonyl (C=O) groups is 1. The zero-order valence-corrected chi connectivity index (χ0v) is 17.2. The van der Waals surface area contributed by atoms with Crippen LogP contribution in [0.2, 0.25) is 0 Å². The van der Waals surface area contributed by atoms with Gasteiger partial charge in [0.1, 0.15) is 18.1 Å². The summed E-state index contributed by atoms with van der Waals surface area (Å²) in [5.74, 6) is 0.454. The number of hydrogen-bond acceptors (Lipinski definition) is 7. The van der Waals surface area contributed by atoms with Crippen LogP contribution in [-0.2, 0) is 11.3 Å². The van der Waals surface area contributed by atoms with Crippen molar-refractivity contribution in [1.29, 1.82) is 0 Å². The van der Waals surface area contributed by atoms with Crippen LogP contribution in [-0.4, -0.2) is 70.1 Å². The molecular formula is C20H21F3N6O3. The molecule has 1 saturated heterocycles. The lowest BCUT2D eigenvalue weighted by Crippen LogP contribution is -2.33. The van der Waals surface area contributed by atoms with Crippen molar-refractivity contribution in [3.8, 4) is 5.88 Å². The van der Waals surface area contributed by atoms with E-state index in [1.54, 1.807) is 23.1 Å². The summed E-state index contributed by atoms with van der Waals surface area (Å²) < 4.78 is 50.8. The summed E-state index contributed by atoms with van der Waals surface area (Å²) in [6, 6.07) is 6.29. The molecule has 0 unspecified atom stereocenters. The highest BCUT2D eigenvalue weighted by atomic mass is 19.4. The van der Waals surface area contributed by atoms with Crippen LogP contribution >= 0.6 is 0 Å². The molecule has 1 N–H and O–H groups in total. The van der Waals surface area contributed by atoms with Gasteiger partial charge in [0.15, 0.2) is 5.82 Å². The minimum Gasteiger partial charge on any atom is -0.481 e. The van der Waals surface area contributed by atoms with Gasteiger partial charge in [0.2, 0.25) is 5.88 Å². The van der Waals surface area contributed by atoms with E-state index in [4.69, 9.17) is 9.47 Å². The molecule has 1 fully saturated rings. The van der Waals surface area contributed by atoms with Gasteiger partial charge in [-0.2, -0.15) is 23.3 Å². The number of hydrogen-bond donors (Lipinski definition) is 1. The number of amides is 1. The number of anilines is 2. The summed E-state index contributed by atoms with van der Waals surface area (Å²) in [6.45, 7) is 0.540. The standard InChI is InChI=1S/C20H21F3N6O3/c1-31-17-5-2-4-16(25-17)26-18-13-11-24-14(19(30)28-6-3-8-32-9-7-28)10-15(13)29(27-18)12-20(21,22)23/h2,4-5,10-11H,3,6-9,12H2,1H3,(H,25,26,27). The molecule has 12 heteroatoms. The third-order valence-electron chi connectivity index (χ3n) is 4.87. The highest BCUT2D eigenvalue weighted by Crippen LogP contribution is 2.29. The van der Waals surface area contributed by atoms with Crippen LogP contribution in [0.15, 0.2) is 30.5 Å². The van der Waals surface area contributed by atoms with Gasteiger partial charge in [-0.25, -0.2) is 0 Å². The van der Waals surface area contributed by atoms with Crippen molar-refractivity contribution in [3.63, 3.8) is 0 Å². The fraction of sp³-hybridized carbons (Fsp3) is 0.400. The molecule has 0 aliphatic carbocycles. The lowest BCUT2D eigenvalue weighted by Gasteiger charge is -2.19. The molecule has 1 aliphatic rings. The van der Waals surface area contributed by atoms with Crippen molar-refractivity contribution < 1.29 is 27.4 Å². The van der Waals surface area contributed by atoms with Crippen molar-refractivity contribution >= 4 is 28.4 Å². The Bertz CT molecular complexity index is 1110. The lowest BCUT2D eigenvalue weighted by molar-refractivity contribution is -0.141. The molecule has 0 saturated carbocycles. The van der Waals surface area contributed by atoms with Crippen molar-refractivity contribution in [3.05, 3.63) is 36.2 Å². The topological polar surface area (TPSA) is 94.4 Å². The number of nitrogens with one attached hydrogen (secondary N) is 1. The molecule has 3 aromatic rings. The number of halogens is 3. The largest absolute Gasteiger partial charge is 0.481 e. The third kappa shape index (κ3) is 4.90.